The smallest absolute Gasteiger partial charge is 0.252 e. The Hall–Kier alpha value is -1.40. The first-order valence-electron chi connectivity index (χ1n) is 10.3. The Balaban J connectivity index is 1.79. The molecule has 2 fully saturated rings. The molecule has 4 unspecified atom stereocenters. The van der Waals surface area contributed by atoms with E-state index < -0.39 is 10.0 Å². The van der Waals surface area contributed by atoms with Crippen molar-refractivity contribution in [2.45, 2.75) is 82.2 Å². The molecule has 27 heavy (non-hydrogen) atoms. The van der Waals surface area contributed by atoms with Gasteiger partial charge in [-0.2, -0.15) is 0 Å². The van der Waals surface area contributed by atoms with Crippen molar-refractivity contribution < 1.29 is 13.2 Å². The number of sulfonamides is 1. The van der Waals surface area contributed by atoms with E-state index in [0.29, 0.717) is 11.8 Å². The van der Waals surface area contributed by atoms with Crippen LogP contribution >= 0.6 is 0 Å². The molecule has 2 N–H and O–H groups in total. The van der Waals surface area contributed by atoms with Crippen LogP contribution in [0.3, 0.4) is 0 Å². The van der Waals surface area contributed by atoms with Crippen molar-refractivity contribution in [3.63, 3.8) is 0 Å². The van der Waals surface area contributed by atoms with Crippen LogP contribution in [-0.4, -0.2) is 26.4 Å². The summed E-state index contributed by atoms with van der Waals surface area (Å²) in [5.41, 5.74) is 0.242. The molecular weight excluding hydrogens is 360 g/mol. The minimum Gasteiger partial charge on any atom is -0.349 e. The zero-order chi connectivity index (χ0) is 19.4. The van der Waals surface area contributed by atoms with E-state index in [4.69, 9.17) is 0 Å². The number of hydrogen-bond donors (Lipinski definition) is 2. The Kier molecular flexibility index (Phi) is 6.58. The number of carbonyl (C=O) groups is 1. The van der Waals surface area contributed by atoms with Gasteiger partial charge in [0.25, 0.3) is 5.91 Å². The fraction of sp³-hybridized carbons (Fsp3) is 0.667. The van der Waals surface area contributed by atoms with Crippen LogP contribution in [0.5, 0.6) is 0 Å². The lowest BCUT2D eigenvalue weighted by molar-refractivity contribution is 0.0907. The molecule has 0 aromatic heterocycles. The first-order chi connectivity index (χ1) is 12.9. The Bertz CT molecular complexity index is 762. The third-order valence-corrected chi connectivity index (χ3v) is 7.82. The van der Waals surface area contributed by atoms with Crippen LogP contribution in [0, 0.1) is 11.8 Å². The van der Waals surface area contributed by atoms with E-state index in [1.165, 1.54) is 12.5 Å². The second-order valence-corrected chi connectivity index (χ2v) is 10.0. The van der Waals surface area contributed by atoms with Crippen molar-refractivity contribution in [1.29, 1.82) is 0 Å². The largest absolute Gasteiger partial charge is 0.349 e. The molecule has 0 radical (unpaired) electrons. The summed E-state index contributed by atoms with van der Waals surface area (Å²) in [5.74, 6) is 0.455. The van der Waals surface area contributed by atoms with E-state index in [-0.39, 0.29) is 28.4 Å². The van der Waals surface area contributed by atoms with Gasteiger partial charge in [-0.25, -0.2) is 13.1 Å². The monoisotopic (exact) mass is 392 g/mol. The molecule has 4 atom stereocenters. The van der Waals surface area contributed by atoms with E-state index in [1.54, 1.807) is 18.2 Å². The number of benzene rings is 1. The summed E-state index contributed by atoms with van der Waals surface area (Å²) >= 11 is 0. The number of hydrogen-bond acceptors (Lipinski definition) is 3. The van der Waals surface area contributed by atoms with Crippen molar-refractivity contribution in [2.24, 2.45) is 11.8 Å². The van der Waals surface area contributed by atoms with Crippen LogP contribution in [0.25, 0.3) is 0 Å². The molecule has 1 aromatic carbocycles. The quantitative estimate of drug-likeness (QED) is 0.799. The van der Waals surface area contributed by atoms with Gasteiger partial charge in [0.2, 0.25) is 10.0 Å². The first-order valence-corrected chi connectivity index (χ1v) is 11.8. The predicted octanol–water partition coefficient (Wildman–Crippen LogP) is 3.85. The molecule has 3 rings (SSSR count). The Morgan fingerprint density at radius 1 is 0.889 bits per heavy atom. The molecular formula is C21H32N2O3S. The minimum absolute atomic E-state index is 0.0572. The average molecular weight is 393 g/mol. The second-order valence-electron chi connectivity index (χ2n) is 8.33. The number of rotatable bonds is 5. The summed E-state index contributed by atoms with van der Waals surface area (Å²) in [4.78, 5) is 13.0. The van der Waals surface area contributed by atoms with Gasteiger partial charge in [0.05, 0.1) is 10.5 Å². The first kappa shape index (κ1) is 20.3. The van der Waals surface area contributed by atoms with Crippen molar-refractivity contribution in [2.75, 3.05) is 0 Å². The maximum Gasteiger partial charge on any atom is 0.252 e. The fourth-order valence-corrected chi connectivity index (χ4v) is 6.00. The van der Waals surface area contributed by atoms with Crippen molar-refractivity contribution in [3.05, 3.63) is 29.8 Å². The van der Waals surface area contributed by atoms with Crippen LogP contribution in [0.2, 0.25) is 0 Å². The predicted molar refractivity (Wildman–Crippen MR) is 107 cm³/mol. The molecule has 1 amide bonds. The third kappa shape index (κ3) is 4.91. The summed E-state index contributed by atoms with van der Waals surface area (Å²) in [5, 5.41) is 3.08. The molecule has 2 saturated carbocycles. The highest BCUT2D eigenvalue weighted by atomic mass is 32.2. The van der Waals surface area contributed by atoms with E-state index in [1.807, 2.05) is 0 Å². The van der Waals surface area contributed by atoms with E-state index in [9.17, 15) is 13.2 Å². The standard InChI is InChI=1S/C21H32N2O3S/c1-15-9-3-6-12-18(15)22-21(24)17-11-5-8-14-20(17)27(25,26)23-19-13-7-4-10-16(19)2/h5,8,11,14-16,18-19,23H,3-4,6-7,9-10,12-13H2,1-2H3,(H,22,24). The van der Waals surface area contributed by atoms with E-state index in [2.05, 4.69) is 23.9 Å². The van der Waals surface area contributed by atoms with Gasteiger partial charge >= 0.3 is 0 Å². The number of nitrogens with one attached hydrogen (secondary N) is 2. The second kappa shape index (κ2) is 8.74. The fourth-order valence-electron chi connectivity index (χ4n) is 4.42. The normalized spacial score (nSPS) is 29.3. The van der Waals surface area contributed by atoms with E-state index >= 15 is 0 Å². The molecule has 0 heterocycles. The maximum atomic E-state index is 13.0. The Morgan fingerprint density at radius 3 is 2.07 bits per heavy atom. The summed E-state index contributed by atoms with van der Waals surface area (Å²) in [6.07, 6.45) is 8.45. The Morgan fingerprint density at radius 2 is 1.44 bits per heavy atom. The zero-order valence-corrected chi connectivity index (χ0v) is 17.2. The molecule has 150 valence electrons. The maximum absolute atomic E-state index is 13.0. The lowest BCUT2D eigenvalue weighted by Gasteiger charge is -2.30. The molecule has 0 saturated heterocycles. The Labute approximate surface area is 163 Å². The van der Waals surface area contributed by atoms with Crippen LogP contribution in [0.15, 0.2) is 29.2 Å². The van der Waals surface area contributed by atoms with Crippen LogP contribution in [0.4, 0.5) is 0 Å². The van der Waals surface area contributed by atoms with Crippen molar-refractivity contribution >= 4 is 15.9 Å². The summed E-state index contributed by atoms with van der Waals surface area (Å²) in [7, 11) is -3.73. The van der Waals surface area contributed by atoms with Gasteiger partial charge in [0.1, 0.15) is 0 Å². The molecule has 0 spiro atoms. The molecule has 0 bridgehead atoms. The average Bonchev–Trinajstić information content (AvgIpc) is 2.65. The van der Waals surface area contributed by atoms with Gasteiger partial charge in [-0.3, -0.25) is 4.79 Å². The SMILES string of the molecule is CC1CCCCC1NC(=O)c1ccccc1S(=O)(=O)NC1CCCCC1C. The lowest BCUT2D eigenvalue weighted by atomic mass is 9.86. The number of carbonyl (C=O) groups excluding carboxylic acids is 1. The van der Waals surface area contributed by atoms with Crippen LogP contribution < -0.4 is 10.0 Å². The summed E-state index contributed by atoms with van der Waals surface area (Å²) < 4.78 is 28.9. The topological polar surface area (TPSA) is 75.3 Å². The molecule has 0 aliphatic heterocycles. The summed E-state index contributed by atoms with van der Waals surface area (Å²) in [6, 6.07) is 6.61. The lowest BCUT2D eigenvalue weighted by Crippen LogP contribution is -2.43. The van der Waals surface area contributed by atoms with Crippen LogP contribution in [-0.2, 0) is 10.0 Å². The molecule has 2 aliphatic rings. The number of amides is 1. The van der Waals surface area contributed by atoms with Gasteiger partial charge in [0.15, 0.2) is 0 Å². The molecule has 2 aliphatic carbocycles. The molecule has 5 nitrogen and oxygen atoms in total. The van der Waals surface area contributed by atoms with E-state index in [0.717, 1.165) is 44.9 Å². The van der Waals surface area contributed by atoms with Gasteiger partial charge in [-0.15, -0.1) is 0 Å². The zero-order valence-electron chi connectivity index (χ0n) is 16.4. The highest BCUT2D eigenvalue weighted by Gasteiger charge is 2.30. The van der Waals surface area contributed by atoms with Gasteiger partial charge in [0, 0.05) is 12.1 Å². The third-order valence-electron chi connectivity index (χ3n) is 6.27. The highest BCUT2D eigenvalue weighted by Crippen LogP contribution is 2.27. The highest BCUT2D eigenvalue weighted by molar-refractivity contribution is 7.89. The van der Waals surface area contributed by atoms with Gasteiger partial charge in [-0.1, -0.05) is 51.7 Å². The van der Waals surface area contributed by atoms with Gasteiger partial charge < -0.3 is 5.32 Å². The van der Waals surface area contributed by atoms with Crippen molar-refractivity contribution in [3.8, 4) is 0 Å². The minimum atomic E-state index is -3.73. The summed E-state index contributed by atoms with van der Waals surface area (Å²) in [6.45, 7) is 4.24. The molecule has 6 heteroatoms. The molecule has 1 aromatic rings. The van der Waals surface area contributed by atoms with Crippen LogP contribution in [0.1, 0.15) is 75.6 Å². The van der Waals surface area contributed by atoms with Gasteiger partial charge in [-0.05, 0) is 49.7 Å². The van der Waals surface area contributed by atoms with Crippen molar-refractivity contribution in [1.82, 2.24) is 10.0 Å².